The first-order valence-electron chi connectivity index (χ1n) is 6.63. The van der Waals surface area contributed by atoms with Crippen LogP contribution in [0.2, 0.25) is 5.02 Å². The Bertz CT molecular complexity index is 814. The van der Waals surface area contributed by atoms with Crippen LogP contribution < -0.4 is 0 Å². The monoisotopic (exact) mass is 370 g/mol. The van der Waals surface area contributed by atoms with E-state index in [1.807, 2.05) is 6.07 Å². The van der Waals surface area contributed by atoms with E-state index in [4.69, 9.17) is 16.9 Å². The SMILES string of the molecule is Cc1cc(C(F)(F)F)nc(SCC(=O)c2ccc(Cl)cc2)c1C#N. The van der Waals surface area contributed by atoms with Crippen LogP contribution in [0.3, 0.4) is 0 Å². The number of pyridine rings is 1. The van der Waals surface area contributed by atoms with Gasteiger partial charge in [0.1, 0.15) is 16.8 Å². The second kappa shape index (κ2) is 7.24. The van der Waals surface area contributed by atoms with Crippen LogP contribution in [-0.2, 0) is 6.18 Å². The molecule has 0 fully saturated rings. The van der Waals surface area contributed by atoms with Crippen LogP contribution in [0.5, 0.6) is 0 Å². The second-order valence-corrected chi connectivity index (χ2v) is 6.23. The zero-order valence-electron chi connectivity index (χ0n) is 12.3. The van der Waals surface area contributed by atoms with Gasteiger partial charge in [0.2, 0.25) is 0 Å². The molecule has 24 heavy (non-hydrogen) atoms. The van der Waals surface area contributed by atoms with Crippen LogP contribution in [0, 0.1) is 18.3 Å². The summed E-state index contributed by atoms with van der Waals surface area (Å²) in [4.78, 5) is 15.6. The number of benzene rings is 1. The Balaban J connectivity index is 2.25. The largest absolute Gasteiger partial charge is 0.433 e. The lowest BCUT2D eigenvalue weighted by molar-refractivity contribution is -0.141. The number of alkyl halides is 3. The number of aromatic nitrogens is 1. The number of nitrogens with zero attached hydrogens (tertiary/aromatic N) is 2. The topological polar surface area (TPSA) is 53.8 Å². The van der Waals surface area contributed by atoms with Crippen molar-refractivity contribution in [3.8, 4) is 6.07 Å². The van der Waals surface area contributed by atoms with E-state index in [9.17, 15) is 18.0 Å². The molecule has 8 heteroatoms. The van der Waals surface area contributed by atoms with Gasteiger partial charge in [-0.05, 0) is 42.8 Å². The van der Waals surface area contributed by atoms with Crippen LogP contribution in [0.1, 0.15) is 27.2 Å². The molecular weight excluding hydrogens is 361 g/mol. The standard InChI is InChI=1S/C16H10ClF3N2OS/c1-9-6-14(16(18,19)20)22-15(12(9)7-21)24-8-13(23)10-2-4-11(17)5-3-10/h2-6H,8H2,1H3. The molecule has 0 aliphatic rings. The third-order valence-electron chi connectivity index (χ3n) is 3.09. The molecule has 3 nitrogen and oxygen atoms in total. The summed E-state index contributed by atoms with van der Waals surface area (Å²) in [6.07, 6.45) is -4.62. The molecule has 0 unspecified atom stereocenters. The van der Waals surface area contributed by atoms with E-state index in [-0.39, 0.29) is 27.7 Å². The van der Waals surface area contributed by atoms with Crippen molar-refractivity contribution in [1.29, 1.82) is 5.26 Å². The lowest BCUT2D eigenvalue weighted by Gasteiger charge is -2.11. The van der Waals surface area contributed by atoms with E-state index in [0.29, 0.717) is 10.6 Å². The maximum Gasteiger partial charge on any atom is 0.433 e. The van der Waals surface area contributed by atoms with Gasteiger partial charge in [0, 0.05) is 10.6 Å². The predicted octanol–water partition coefficient (Wildman–Crippen LogP) is 4.91. The van der Waals surface area contributed by atoms with E-state index in [1.165, 1.54) is 19.1 Å². The molecule has 124 valence electrons. The number of hydrogen-bond acceptors (Lipinski definition) is 4. The predicted molar refractivity (Wildman–Crippen MR) is 85.2 cm³/mol. The fraction of sp³-hybridized carbons (Fsp3) is 0.188. The summed E-state index contributed by atoms with van der Waals surface area (Å²) in [6.45, 7) is 1.40. The Labute approximate surface area is 145 Å². The van der Waals surface area contributed by atoms with E-state index >= 15 is 0 Å². The first kappa shape index (κ1) is 18.3. The summed E-state index contributed by atoms with van der Waals surface area (Å²) >= 11 is 6.54. The van der Waals surface area contributed by atoms with Crippen LogP contribution >= 0.6 is 23.4 Å². The Kier molecular flexibility index (Phi) is 5.52. The first-order valence-corrected chi connectivity index (χ1v) is 7.99. The van der Waals surface area contributed by atoms with Crippen LogP contribution in [0.15, 0.2) is 35.4 Å². The molecule has 0 aliphatic heterocycles. The van der Waals surface area contributed by atoms with Gasteiger partial charge in [-0.1, -0.05) is 23.4 Å². The number of carbonyl (C=O) groups is 1. The Morgan fingerprint density at radius 2 is 1.96 bits per heavy atom. The molecule has 0 N–H and O–H groups in total. The van der Waals surface area contributed by atoms with Gasteiger partial charge in [0.25, 0.3) is 0 Å². The Hall–Kier alpha value is -2.04. The number of thioether (sulfide) groups is 1. The Morgan fingerprint density at radius 3 is 2.50 bits per heavy atom. The minimum absolute atomic E-state index is 0.0388. The van der Waals surface area contributed by atoms with Crippen molar-refractivity contribution in [2.24, 2.45) is 0 Å². The maximum absolute atomic E-state index is 12.9. The molecule has 0 atom stereocenters. The molecule has 1 aromatic heterocycles. The lowest BCUT2D eigenvalue weighted by Crippen LogP contribution is -2.11. The summed E-state index contributed by atoms with van der Waals surface area (Å²) in [5, 5.41) is 9.49. The van der Waals surface area contributed by atoms with Crippen LogP contribution in [-0.4, -0.2) is 16.5 Å². The van der Waals surface area contributed by atoms with Gasteiger partial charge in [0.05, 0.1) is 11.3 Å². The molecule has 1 heterocycles. The maximum atomic E-state index is 12.9. The summed E-state index contributed by atoms with van der Waals surface area (Å²) in [5.74, 6) is -0.429. The van der Waals surface area contributed by atoms with Crippen molar-refractivity contribution in [2.45, 2.75) is 18.1 Å². The van der Waals surface area contributed by atoms with Gasteiger partial charge in [-0.2, -0.15) is 18.4 Å². The molecule has 1 aromatic carbocycles. The molecule has 0 amide bonds. The fourth-order valence-corrected chi connectivity index (χ4v) is 2.96. The summed E-state index contributed by atoms with van der Waals surface area (Å²) in [5.41, 5.74) is -0.493. The number of halogens is 4. The molecule has 2 aromatic rings. The number of ketones is 1. The van der Waals surface area contributed by atoms with Gasteiger partial charge >= 0.3 is 6.18 Å². The molecule has 2 rings (SSSR count). The van der Waals surface area contributed by atoms with Crippen molar-refractivity contribution < 1.29 is 18.0 Å². The highest BCUT2D eigenvalue weighted by Gasteiger charge is 2.34. The highest BCUT2D eigenvalue weighted by molar-refractivity contribution is 8.00. The molecule has 0 radical (unpaired) electrons. The van der Waals surface area contributed by atoms with Crippen molar-refractivity contribution in [2.75, 3.05) is 5.75 Å². The number of carbonyl (C=O) groups excluding carboxylic acids is 1. The third-order valence-corrected chi connectivity index (χ3v) is 4.32. The zero-order valence-corrected chi connectivity index (χ0v) is 13.9. The van der Waals surface area contributed by atoms with E-state index in [0.717, 1.165) is 17.8 Å². The van der Waals surface area contributed by atoms with Crippen LogP contribution in [0.25, 0.3) is 0 Å². The second-order valence-electron chi connectivity index (χ2n) is 4.83. The van der Waals surface area contributed by atoms with Gasteiger partial charge in [0.15, 0.2) is 5.78 Å². The number of rotatable bonds is 4. The highest BCUT2D eigenvalue weighted by Crippen LogP contribution is 2.32. The van der Waals surface area contributed by atoms with Crippen LogP contribution in [0.4, 0.5) is 13.2 Å². The summed E-state index contributed by atoms with van der Waals surface area (Å²) < 4.78 is 38.6. The number of aryl methyl sites for hydroxylation is 1. The molecule has 0 aliphatic carbocycles. The number of Topliss-reactive ketones (excluding diaryl/α,β-unsaturated/α-hetero) is 1. The molecule has 0 spiro atoms. The molecule has 0 saturated carbocycles. The van der Waals surface area contributed by atoms with Gasteiger partial charge < -0.3 is 0 Å². The summed E-state index contributed by atoms with van der Waals surface area (Å²) in [7, 11) is 0. The van der Waals surface area contributed by atoms with E-state index < -0.39 is 11.9 Å². The molecule has 0 saturated heterocycles. The first-order chi connectivity index (χ1) is 11.2. The van der Waals surface area contributed by atoms with Crippen molar-refractivity contribution in [1.82, 2.24) is 4.98 Å². The minimum atomic E-state index is -4.62. The van der Waals surface area contributed by atoms with Gasteiger partial charge in [-0.25, -0.2) is 4.98 Å². The minimum Gasteiger partial charge on any atom is -0.293 e. The van der Waals surface area contributed by atoms with Crippen molar-refractivity contribution >= 4 is 29.1 Å². The van der Waals surface area contributed by atoms with Gasteiger partial charge in [-0.15, -0.1) is 0 Å². The normalized spacial score (nSPS) is 11.2. The van der Waals surface area contributed by atoms with E-state index in [2.05, 4.69) is 4.98 Å². The van der Waals surface area contributed by atoms with Gasteiger partial charge in [-0.3, -0.25) is 4.79 Å². The average Bonchev–Trinajstić information content (AvgIpc) is 2.52. The zero-order chi connectivity index (χ0) is 17.9. The average molecular weight is 371 g/mol. The molecule has 0 bridgehead atoms. The number of nitriles is 1. The van der Waals surface area contributed by atoms with Crippen molar-refractivity contribution in [3.63, 3.8) is 0 Å². The molecular formula is C16H10ClF3N2OS. The van der Waals surface area contributed by atoms with Crippen molar-refractivity contribution in [3.05, 3.63) is 57.7 Å². The number of hydrogen-bond donors (Lipinski definition) is 0. The quantitative estimate of drug-likeness (QED) is 0.567. The Morgan fingerprint density at radius 1 is 1.33 bits per heavy atom. The fourth-order valence-electron chi connectivity index (χ4n) is 1.88. The third kappa shape index (κ3) is 4.28. The highest BCUT2D eigenvalue weighted by atomic mass is 35.5. The van der Waals surface area contributed by atoms with E-state index in [1.54, 1.807) is 12.1 Å². The lowest BCUT2D eigenvalue weighted by atomic mass is 10.1. The summed E-state index contributed by atoms with van der Waals surface area (Å²) in [6, 6.07) is 8.81. The smallest absolute Gasteiger partial charge is 0.293 e.